The molecule has 0 saturated carbocycles. The average molecular weight is 253 g/mol. The monoisotopic (exact) mass is 253 g/mol. The second kappa shape index (κ2) is 5.85. The minimum atomic E-state index is -0.592. The molecule has 0 aliphatic heterocycles. The lowest BCUT2D eigenvalue weighted by molar-refractivity contribution is 0.0323. The Balaban J connectivity index is 2.58. The Bertz CT molecular complexity index is 361. The third kappa shape index (κ3) is 3.82. The summed E-state index contributed by atoms with van der Waals surface area (Å²) >= 11 is 0. The van der Waals surface area contributed by atoms with Crippen molar-refractivity contribution in [3.63, 3.8) is 0 Å². The molecule has 104 valence electrons. The summed E-state index contributed by atoms with van der Waals surface area (Å²) in [6.07, 6.45) is 3.41. The Labute approximate surface area is 110 Å². The standard InChI is InChI=1S/C14H27N3O/c1-6-14(18,7-2)10-15-8-11-9-16-17-12(11)13(3,4)5/h9,15,18H,6-8,10H2,1-5H3,(H,16,17). The highest BCUT2D eigenvalue weighted by Gasteiger charge is 2.23. The highest BCUT2D eigenvalue weighted by atomic mass is 16.3. The summed E-state index contributed by atoms with van der Waals surface area (Å²) < 4.78 is 0. The zero-order valence-electron chi connectivity index (χ0n) is 12.3. The number of rotatable bonds is 6. The first-order valence-electron chi connectivity index (χ1n) is 6.78. The van der Waals surface area contributed by atoms with Gasteiger partial charge in [0.15, 0.2) is 0 Å². The molecule has 0 unspecified atom stereocenters. The maximum atomic E-state index is 10.2. The smallest absolute Gasteiger partial charge is 0.0766 e. The van der Waals surface area contributed by atoms with Crippen LogP contribution in [0.5, 0.6) is 0 Å². The highest BCUT2D eigenvalue weighted by Crippen LogP contribution is 2.23. The van der Waals surface area contributed by atoms with Crippen LogP contribution in [-0.2, 0) is 12.0 Å². The van der Waals surface area contributed by atoms with Gasteiger partial charge in [0.1, 0.15) is 0 Å². The Morgan fingerprint density at radius 3 is 2.39 bits per heavy atom. The van der Waals surface area contributed by atoms with E-state index in [1.165, 1.54) is 5.56 Å². The average Bonchev–Trinajstić information content (AvgIpc) is 2.77. The van der Waals surface area contributed by atoms with Gasteiger partial charge in [0.2, 0.25) is 0 Å². The van der Waals surface area contributed by atoms with Crippen molar-refractivity contribution in [2.24, 2.45) is 0 Å². The van der Waals surface area contributed by atoms with Gasteiger partial charge in [-0.25, -0.2) is 0 Å². The third-order valence-electron chi connectivity index (χ3n) is 3.55. The molecule has 1 rings (SSSR count). The van der Waals surface area contributed by atoms with Crippen molar-refractivity contribution in [3.8, 4) is 0 Å². The molecule has 1 aromatic heterocycles. The van der Waals surface area contributed by atoms with E-state index in [-0.39, 0.29) is 5.41 Å². The van der Waals surface area contributed by atoms with Crippen LogP contribution >= 0.6 is 0 Å². The van der Waals surface area contributed by atoms with Crippen LogP contribution in [0.2, 0.25) is 0 Å². The van der Waals surface area contributed by atoms with Crippen LogP contribution in [0.25, 0.3) is 0 Å². The molecule has 0 amide bonds. The van der Waals surface area contributed by atoms with Gasteiger partial charge in [0.05, 0.1) is 11.8 Å². The fourth-order valence-corrected chi connectivity index (χ4v) is 2.02. The topological polar surface area (TPSA) is 60.9 Å². The summed E-state index contributed by atoms with van der Waals surface area (Å²) in [5.74, 6) is 0. The number of aromatic amines is 1. The molecule has 0 bridgehead atoms. The number of nitrogens with one attached hydrogen (secondary N) is 2. The van der Waals surface area contributed by atoms with Crippen LogP contribution in [0, 0.1) is 0 Å². The number of nitrogens with zero attached hydrogens (tertiary/aromatic N) is 1. The van der Waals surface area contributed by atoms with E-state index in [4.69, 9.17) is 0 Å². The van der Waals surface area contributed by atoms with Gasteiger partial charge in [-0.3, -0.25) is 5.10 Å². The maximum Gasteiger partial charge on any atom is 0.0766 e. The number of aromatic nitrogens is 2. The Morgan fingerprint density at radius 2 is 1.89 bits per heavy atom. The summed E-state index contributed by atoms with van der Waals surface area (Å²) in [6, 6.07) is 0. The van der Waals surface area contributed by atoms with Crippen molar-refractivity contribution in [3.05, 3.63) is 17.5 Å². The molecule has 0 fully saturated rings. The van der Waals surface area contributed by atoms with Crippen LogP contribution < -0.4 is 5.32 Å². The van der Waals surface area contributed by atoms with Gasteiger partial charge in [-0.1, -0.05) is 34.6 Å². The van der Waals surface area contributed by atoms with E-state index in [9.17, 15) is 5.11 Å². The molecule has 0 atom stereocenters. The van der Waals surface area contributed by atoms with Crippen LogP contribution in [0.3, 0.4) is 0 Å². The van der Waals surface area contributed by atoms with Gasteiger partial charge >= 0.3 is 0 Å². The van der Waals surface area contributed by atoms with Crippen molar-refractivity contribution in [2.45, 2.75) is 65.0 Å². The third-order valence-corrected chi connectivity index (χ3v) is 3.55. The van der Waals surface area contributed by atoms with Crippen molar-refractivity contribution in [1.82, 2.24) is 15.5 Å². The molecule has 0 spiro atoms. The minimum Gasteiger partial charge on any atom is -0.389 e. The van der Waals surface area contributed by atoms with E-state index < -0.39 is 5.60 Å². The Hall–Kier alpha value is -0.870. The number of hydrogen-bond donors (Lipinski definition) is 3. The van der Waals surface area contributed by atoms with Crippen LogP contribution in [0.1, 0.15) is 58.7 Å². The van der Waals surface area contributed by atoms with Gasteiger partial charge in [-0.15, -0.1) is 0 Å². The van der Waals surface area contributed by atoms with E-state index >= 15 is 0 Å². The first-order valence-corrected chi connectivity index (χ1v) is 6.78. The van der Waals surface area contributed by atoms with E-state index in [0.29, 0.717) is 6.54 Å². The second-order valence-electron chi connectivity index (χ2n) is 6.06. The van der Waals surface area contributed by atoms with Crippen molar-refractivity contribution in [2.75, 3.05) is 6.54 Å². The SMILES string of the molecule is CCC(O)(CC)CNCc1cn[nH]c1C(C)(C)C. The summed E-state index contributed by atoms with van der Waals surface area (Å²) in [5.41, 5.74) is 1.81. The maximum absolute atomic E-state index is 10.2. The van der Waals surface area contributed by atoms with Gasteiger partial charge in [-0.05, 0) is 12.8 Å². The lowest BCUT2D eigenvalue weighted by atomic mass is 9.89. The largest absolute Gasteiger partial charge is 0.389 e. The van der Waals surface area contributed by atoms with Gasteiger partial charge in [-0.2, -0.15) is 5.10 Å². The molecule has 4 heteroatoms. The van der Waals surface area contributed by atoms with E-state index in [1.807, 2.05) is 20.0 Å². The first kappa shape index (κ1) is 15.2. The van der Waals surface area contributed by atoms with Gasteiger partial charge in [0, 0.05) is 29.8 Å². The van der Waals surface area contributed by atoms with Crippen LogP contribution in [-0.4, -0.2) is 27.4 Å². The Morgan fingerprint density at radius 1 is 1.28 bits per heavy atom. The predicted molar refractivity (Wildman–Crippen MR) is 74.5 cm³/mol. The molecule has 3 N–H and O–H groups in total. The van der Waals surface area contributed by atoms with E-state index in [0.717, 1.165) is 25.1 Å². The van der Waals surface area contributed by atoms with Gasteiger partial charge in [0.25, 0.3) is 0 Å². The molecule has 1 heterocycles. The first-order chi connectivity index (χ1) is 8.32. The molecule has 0 aliphatic carbocycles. The number of aliphatic hydroxyl groups is 1. The summed E-state index contributed by atoms with van der Waals surface area (Å²) in [5, 5.41) is 20.7. The summed E-state index contributed by atoms with van der Waals surface area (Å²) in [7, 11) is 0. The zero-order chi connectivity index (χ0) is 13.8. The fourth-order valence-electron chi connectivity index (χ4n) is 2.02. The molecule has 0 radical (unpaired) electrons. The van der Waals surface area contributed by atoms with Gasteiger partial charge < -0.3 is 10.4 Å². The molecule has 0 aromatic carbocycles. The summed E-state index contributed by atoms with van der Waals surface area (Å²) in [6.45, 7) is 11.9. The second-order valence-corrected chi connectivity index (χ2v) is 6.06. The zero-order valence-corrected chi connectivity index (χ0v) is 12.3. The number of H-pyrrole nitrogens is 1. The molecule has 4 nitrogen and oxygen atoms in total. The molecule has 1 aromatic rings. The fraction of sp³-hybridized carbons (Fsp3) is 0.786. The van der Waals surface area contributed by atoms with Crippen molar-refractivity contribution >= 4 is 0 Å². The lowest BCUT2D eigenvalue weighted by Crippen LogP contribution is -2.39. The number of hydrogen-bond acceptors (Lipinski definition) is 3. The highest BCUT2D eigenvalue weighted by molar-refractivity contribution is 5.23. The van der Waals surface area contributed by atoms with Crippen LogP contribution in [0.15, 0.2) is 6.20 Å². The summed E-state index contributed by atoms with van der Waals surface area (Å²) in [4.78, 5) is 0. The van der Waals surface area contributed by atoms with E-state index in [2.05, 4.69) is 36.3 Å². The quantitative estimate of drug-likeness (QED) is 0.729. The lowest BCUT2D eigenvalue weighted by Gasteiger charge is -2.26. The van der Waals surface area contributed by atoms with Crippen molar-refractivity contribution < 1.29 is 5.11 Å². The van der Waals surface area contributed by atoms with Crippen LogP contribution in [0.4, 0.5) is 0 Å². The molecule has 0 saturated heterocycles. The molecule has 18 heavy (non-hydrogen) atoms. The predicted octanol–water partition coefficient (Wildman–Crippen LogP) is 2.35. The molecule has 0 aliphatic rings. The molecular weight excluding hydrogens is 226 g/mol. The normalized spacial score (nSPS) is 13.0. The minimum absolute atomic E-state index is 0.0688. The Kier molecular flexibility index (Phi) is 4.93. The van der Waals surface area contributed by atoms with E-state index in [1.54, 1.807) is 0 Å². The molecular formula is C14H27N3O. The van der Waals surface area contributed by atoms with Crippen molar-refractivity contribution in [1.29, 1.82) is 0 Å².